The first kappa shape index (κ1) is 15.2. The van der Waals surface area contributed by atoms with E-state index in [0.717, 1.165) is 10.4 Å². The Hall–Kier alpha value is -2.06. The maximum atomic E-state index is 7.01. The van der Waals surface area contributed by atoms with Crippen molar-refractivity contribution < 1.29 is 0 Å². The molecule has 0 fully saturated rings. The minimum absolute atomic E-state index is 1.02. The summed E-state index contributed by atoms with van der Waals surface area (Å²) >= 11 is 14.0. The van der Waals surface area contributed by atoms with Crippen LogP contribution in [0.2, 0.25) is 0 Å². The van der Waals surface area contributed by atoms with Gasteiger partial charge in [-0.1, -0.05) is 84.9 Å². The van der Waals surface area contributed by atoms with E-state index in [9.17, 15) is 0 Å². The van der Waals surface area contributed by atoms with Crippen molar-refractivity contribution >= 4 is 71.5 Å². The lowest BCUT2D eigenvalue weighted by Gasteiger charge is -2.21. The highest BCUT2D eigenvalue weighted by Gasteiger charge is 2.35. The van der Waals surface area contributed by atoms with Crippen LogP contribution in [0.25, 0.3) is 32.3 Å². The highest BCUT2D eigenvalue weighted by molar-refractivity contribution is 7.56. The van der Waals surface area contributed by atoms with Gasteiger partial charge in [0.1, 0.15) is 0 Å². The molecule has 5 aromatic carbocycles. The van der Waals surface area contributed by atoms with Crippen molar-refractivity contribution in [2.24, 2.45) is 0 Å². The van der Waals surface area contributed by atoms with Gasteiger partial charge in [-0.3, -0.25) is 0 Å². The van der Waals surface area contributed by atoms with Crippen LogP contribution in [0, 0.1) is 0 Å². The molecule has 0 spiro atoms. The normalized spacial score (nSPS) is 12.4. The van der Waals surface area contributed by atoms with E-state index in [0.29, 0.717) is 0 Å². The van der Waals surface area contributed by atoms with Crippen LogP contribution in [0.1, 0.15) is 0 Å². The molecule has 0 aliphatic heterocycles. The van der Waals surface area contributed by atoms with Crippen molar-refractivity contribution in [2.45, 2.75) is 0 Å². The van der Waals surface area contributed by atoms with E-state index in [1.165, 1.54) is 32.3 Å². The molecule has 0 saturated heterocycles. The minimum atomic E-state index is -2.80. The first-order valence-corrected chi connectivity index (χ1v) is 12.3. The smallest absolute Gasteiger partial charge is 0.134 e. The largest absolute Gasteiger partial charge is 0.311 e. The van der Waals surface area contributed by atoms with Gasteiger partial charge in [0.25, 0.3) is 0 Å². The SMILES string of the molecule is Cl[Si](Cl)(c1ccccc1)c1ccc2ccc3cccc4ccc1c2c34. The molecule has 0 saturated carbocycles. The third-order valence-electron chi connectivity index (χ3n) is 5.00. The molecule has 0 radical (unpaired) electrons. The summed E-state index contributed by atoms with van der Waals surface area (Å²) in [6, 6.07) is 29.5. The summed E-state index contributed by atoms with van der Waals surface area (Å²) in [6.45, 7) is -2.80. The standard InChI is InChI=1S/C22H14Cl2Si/c23-25(24,18-7-2-1-3-8-18)20-14-12-17-10-9-15-5-4-6-16-11-13-19(20)22(17)21(15)16/h1-14H. The molecule has 0 aliphatic rings. The second-order valence-corrected chi connectivity index (χ2v) is 12.7. The zero-order valence-electron chi connectivity index (χ0n) is 13.3. The number of hydrogen-bond acceptors (Lipinski definition) is 0. The second-order valence-electron chi connectivity index (χ2n) is 6.41. The van der Waals surface area contributed by atoms with Crippen molar-refractivity contribution in [3.63, 3.8) is 0 Å². The zero-order valence-corrected chi connectivity index (χ0v) is 15.9. The molecule has 25 heavy (non-hydrogen) atoms. The molecule has 0 amide bonds. The van der Waals surface area contributed by atoms with E-state index in [-0.39, 0.29) is 0 Å². The van der Waals surface area contributed by atoms with E-state index in [1.807, 2.05) is 30.3 Å². The van der Waals surface area contributed by atoms with E-state index < -0.39 is 6.69 Å². The topological polar surface area (TPSA) is 0 Å². The van der Waals surface area contributed by atoms with E-state index >= 15 is 0 Å². The summed E-state index contributed by atoms with van der Waals surface area (Å²) in [6.07, 6.45) is 0. The molecule has 0 aromatic heterocycles. The Kier molecular flexibility index (Phi) is 3.33. The molecule has 0 bridgehead atoms. The molecular formula is C22H14Cl2Si. The lowest BCUT2D eigenvalue weighted by molar-refractivity contribution is 1.76. The van der Waals surface area contributed by atoms with E-state index in [1.54, 1.807) is 0 Å². The fourth-order valence-corrected chi connectivity index (χ4v) is 7.32. The van der Waals surface area contributed by atoms with Crippen LogP contribution < -0.4 is 10.4 Å². The van der Waals surface area contributed by atoms with Gasteiger partial charge >= 0.3 is 6.69 Å². The molecule has 0 unspecified atom stereocenters. The van der Waals surface area contributed by atoms with Crippen LogP contribution in [0.3, 0.4) is 0 Å². The van der Waals surface area contributed by atoms with Crippen molar-refractivity contribution in [1.82, 2.24) is 0 Å². The highest BCUT2D eigenvalue weighted by atomic mass is 35.7. The average Bonchev–Trinajstić information content (AvgIpc) is 2.66. The van der Waals surface area contributed by atoms with Crippen molar-refractivity contribution in [2.75, 3.05) is 0 Å². The Labute approximate surface area is 156 Å². The fourth-order valence-electron chi connectivity index (χ4n) is 3.81. The minimum Gasteiger partial charge on any atom is -0.134 e. The van der Waals surface area contributed by atoms with E-state index in [2.05, 4.69) is 54.6 Å². The quantitative estimate of drug-likeness (QED) is 0.213. The number of hydrogen-bond donors (Lipinski definition) is 0. The Morgan fingerprint density at radius 2 is 1.12 bits per heavy atom. The summed E-state index contributed by atoms with van der Waals surface area (Å²) in [5, 5.41) is 9.55. The lowest BCUT2D eigenvalue weighted by atomic mass is 9.94. The molecule has 0 atom stereocenters. The van der Waals surface area contributed by atoms with Crippen LogP contribution in [0.5, 0.6) is 0 Å². The molecule has 0 nitrogen and oxygen atoms in total. The summed E-state index contributed by atoms with van der Waals surface area (Å²) < 4.78 is 0. The number of rotatable bonds is 2. The van der Waals surface area contributed by atoms with Crippen LogP contribution in [0.4, 0.5) is 0 Å². The van der Waals surface area contributed by atoms with Gasteiger partial charge in [-0.05, 0) is 42.7 Å². The number of benzene rings is 5. The van der Waals surface area contributed by atoms with Gasteiger partial charge in [0.15, 0.2) is 0 Å². The maximum Gasteiger partial charge on any atom is 0.311 e. The molecule has 0 aliphatic carbocycles. The van der Waals surface area contributed by atoms with Gasteiger partial charge < -0.3 is 0 Å². The molecule has 120 valence electrons. The first-order valence-electron chi connectivity index (χ1n) is 8.26. The van der Waals surface area contributed by atoms with Crippen LogP contribution in [-0.4, -0.2) is 6.69 Å². The predicted octanol–water partition coefficient (Wildman–Crippen LogP) is 5.62. The molecular weight excluding hydrogens is 363 g/mol. The van der Waals surface area contributed by atoms with Crippen molar-refractivity contribution in [3.8, 4) is 0 Å². The average molecular weight is 377 g/mol. The summed E-state index contributed by atoms with van der Waals surface area (Å²) in [5.41, 5.74) is 0. The lowest BCUT2D eigenvalue weighted by Crippen LogP contribution is -2.48. The summed E-state index contributed by atoms with van der Waals surface area (Å²) in [7, 11) is 0. The van der Waals surface area contributed by atoms with Gasteiger partial charge in [-0.15, -0.1) is 22.2 Å². The van der Waals surface area contributed by atoms with Crippen molar-refractivity contribution in [1.29, 1.82) is 0 Å². The van der Waals surface area contributed by atoms with Crippen LogP contribution >= 0.6 is 22.2 Å². The Morgan fingerprint density at radius 3 is 1.84 bits per heavy atom. The summed E-state index contributed by atoms with van der Waals surface area (Å²) in [5.74, 6) is 0. The van der Waals surface area contributed by atoms with Crippen LogP contribution in [-0.2, 0) is 0 Å². The Bertz CT molecular complexity index is 1200. The highest BCUT2D eigenvalue weighted by Crippen LogP contribution is 2.35. The molecule has 3 heteroatoms. The monoisotopic (exact) mass is 376 g/mol. The molecule has 5 rings (SSSR count). The molecule has 0 N–H and O–H groups in total. The van der Waals surface area contributed by atoms with Gasteiger partial charge in [-0.2, -0.15) is 0 Å². The Morgan fingerprint density at radius 1 is 0.520 bits per heavy atom. The van der Waals surface area contributed by atoms with Crippen LogP contribution in [0.15, 0.2) is 84.9 Å². The molecule has 0 heterocycles. The fraction of sp³-hybridized carbons (Fsp3) is 0. The Balaban J connectivity index is 1.91. The van der Waals surface area contributed by atoms with Gasteiger partial charge in [0.2, 0.25) is 0 Å². The van der Waals surface area contributed by atoms with Gasteiger partial charge in [0.05, 0.1) is 0 Å². The molecule has 5 aromatic rings. The van der Waals surface area contributed by atoms with Crippen molar-refractivity contribution in [3.05, 3.63) is 84.9 Å². The number of halogens is 2. The first-order chi connectivity index (χ1) is 12.2. The van der Waals surface area contributed by atoms with Gasteiger partial charge in [-0.25, -0.2) is 0 Å². The predicted molar refractivity (Wildman–Crippen MR) is 113 cm³/mol. The summed E-state index contributed by atoms with van der Waals surface area (Å²) in [4.78, 5) is 0. The second kappa shape index (κ2) is 5.47. The van der Waals surface area contributed by atoms with E-state index in [4.69, 9.17) is 22.2 Å². The maximum absolute atomic E-state index is 7.01. The van der Waals surface area contributed by atoms with Gasteiger partial charge in [0, 0.05) is 0 Å². The third kappa shape index (κ3) is 2.20. The third-order valence-corrected chi connectivity index (χ3v) is 9.71. The zero-order chi connectivity index (χ0) is 17.0.